The van der Waals surface area contributed by atoms with E-state index in [9.17, 15) is 5.26 Å². The van der Waals surface area contributed by atoms with Crippen LogP contribution in [0.25, 0.3) is 0 Å². The van der Waals surface area contributed by atoms with Crippen molar-refractivity contribution in [3.63, 3.8) is 0 Å². The van der Waals surface area contributed by atoms with Crippen LogP contribution in [0.3, 0.4) is 0 Å². The van der Waals surface area contributed by atoms with Gasteiger partial charge in [-0.25, -0.2) is 0 Å². The van der Waals surface area contributed by atoms with Crippen LogP contribution in [0.5, 0.6) is 11.5 Å². The fourth-order valence-corrected chi connectivity index (χ4v) is 5.91. The van der Waals surface area contributed by atoms with E-state index in [2.05, 4.69) is 53.6 Å². The van der Waals surface area contributed by atoms with Crippen molar-refractivity contribution < 1.29 is 9.47 Å². The molecule has 0 N–H and O–H groups in total. The van der Waals surface area contributed by atoms with Crippen molar-refractivity contribution in [2.75, 3.05) is 20.3 Å². The summed E-state index contributed by atoms with van der Waals surface area (Å²) in [4.78, 5) is 0. The number of benzene rings is 2. The third kappa shape index (κ3) is 13.4. The van der Waals surface area contributed by atoms with Crippen molar-refractivity contribution in [1.82, 2.24) is 0 Å². The van der Waals surface area contributed by atoms with Crippen molar-refractivity contribution in [2.45, 2.75) is 135 Å². The lowest BCUT2D eigenvalue weighted by atomic mass is 9.73. The lowest BCUT2D eigenvalue weighted by Crippen LogP contribution is -2.25. The number of rotatable bonds is 24. The average molecular weight is 576 g/mol. The number of ether oxygens (including phenoxy) is 2. The molecule has 5 nitrogen and oxygen atoms in total. The number of nitriles is 1. The molecular weight excluding hydrogens is 518 g/mol. The van der Waals surface area contributed by atoms with Crippen molar-refractivity contribution in [2.24, 2.45) is 10.2 Å². The van der Waals surface area contributed by atoms with Gasteiger partial charge in [-0.3, -0.25) is 0 Å². The molecule has 232 valence electrons. The van der Waals surface area contributed by atoms with Gasteiger partial charge >= 0.3 is 0 Å². The van der Waals surface area contributed by atoms with Crippen molar-refractivity contribution >= 4 is 0 Å². The summed E-state index contributed by atoms with van der Waals surface area (Å²) in [5, 5.41) is 19.4. The molecule has 0 bridgehead atoms. The maximum atomic E-state index is 10.6. The zero-order valence-corrected chi connectivity index (χ0v) is 27.1. The van der Waals surface area contributed by atoms with E-state index in [4.69, 9.17) is 9.47 Å². The zero-order chi connectivity index (χ0) is 30.3. The number of hydrogen-bond donors (Lipinski definition) is 0. The van der Waals surface area contributed by atoms with Gasteiger partial charge in [-0.15, -0.1) is 0 Å². The van der Waals surface area contributed by atoms with Gasteiger partial charge in [0.15, 0.2) is 0 Å². The summed E-state index contributed by atoms with van der Waals surface area (Å²) in [5.74, 6) is 1.77. The lowest BCUT2D eigenvalue weighted by molar-refractivity contribution is 0.337. The van der Waals surface area contributed by atoms with Gasteiger partial charge in [0.05, 0.1) is 30.7 Å². The number of unbranched alkanes of at least 4 members (excludes halogenated alkanes) is 9. The molecule has 0 amide bonds. The van der Waals surface area contributed by atoms with Gasteiger partial charge in [0.25, 0.3) is 0 Å². The SMILES string of the molecule is CCCCCCCCCCCCC(C#N)(CCCC(CCc1cccc(OCC)c1)N=NC)c1cccc(OCC)c1. The summed E-state index contributed by atoms with van der Waals surface area (Å²) < 4.78 is 11.5. The highest BCUT2D eigenvalue weighted by molar-refractivity contribution is 5.38. The Hall–Kier alpha value is -2.87. The normalized spacial score (nSPS) is 13.5. The molecule has 0 saturated heterocycles. The average Bonchev–Trinajstić information content (AvgIpc) is 3.00. The number of azo groups is 1. The maximum absolute atomic E-state index is 10.6. The van der Waals surface area contributed by atoms with Gasteiger partial charge in [-0.05, 0) is 87.8 Å². The molecule has 0 spiro atoms. The van der Waals surface area contributed by atoms with E-state index in [1.807, 2.05) is 32.0 Å². The second kappa shape index (κ2) is 21.8. The molecule has 42 heavy (non-hydrogen) atoms. The predicted octanol–water partition coefficient (Wildman–Crippen LogP) is 10.8. The van der Waals surface area contributed by atoms with E-state index in [0.717, 1.165) is 62.0 Å². The monoisotopic (exact) mass is 575 g/mol. The van der Waals surface area contributed by atoms with Crippen LogP contribution in [0.2, 0.25) is 0 Å². The summed E-state index contributed by atoms with van der Waals surface area (Å²) in [7, 11) is 1.76. The fraction of sp³-hybridized carbons (Fsp3) is 0.649. The molecule has 2 rings (SSSR count). The first kappa shape index (κ1) is 35.3. The van der Waals surface area contributed by atoms with Gasteiger partial charge < -0.3 is 9.47 Å². The summed E-state index contributed by atoms with van der Waals surface area (Å²) in [5.41, 5.74) is 1.85. The highest BCUT2D eigenvalue weighted by atomic mass is 16.5. The van der Waals surface area contributed by atoms with E-state index in [-0.39, 0.29) is 6.04 Å². The van der Waals surface area contributed by atoms with E-state index in [0.29, 0.717) is 13.2 Å². The standard InChI is InChI=1S/C37H57N3O2/c1-5-8-9-10-11-12-13-14-15-16-27-37(31-38,33-21-18-24-36(30-33)42-7-3)28-19-22-34(40-39-4)26-25-32-20-17-23-35(29-32)41-6-2/h17-18,20-21,23-24,29-30,34H,5-16,19,22,25-28H2,1-4H3. The Kier molecular flexibility index (Phi) is 18.3. The predicted molar refractivity (Wildman–Crippen MR) is 176 cm³/mol. The minimum atomic E-state index is -0.507. The Morgan fingerprint density at radius 3 is 1.95 bits per heavy atom. The van der Waals surface area contributed by atoms with Gasteiger partial charge in [0.1, 0.15) is 11.5 Å². The highest BCUT2D eigenvalue weighted by Crippen LogP contribution is 2.37. The summed E-state index contributed by atoms with van der Waals surface area (Å²) >= 11 is 0. The van der Waals surface area contributed by atoms with Crippen LogP contribution in [0, 0.1) is 11.3 Å². The van der Waals surface area contributed by atoms with Gasteiger partial charge in [0, 0.05) is 7.05 Å². The molecule has 0 aliphatic carbocycles. The molecule has 2 aromatic rings. The van der Waals surface area contributed by atoms with E-state index >= 15 is 0 Å². The minimum absolute atomic E-state index is 0.147. The number of nitrogens with zero attached hydrogens (tertiary/aromatic N) is 3. The van der Waals surface area contributed by atoms with Crippen LogP contribution in [-0.2, 0) is 11.8 Å². The maximum Gasteiger partial charge on any atom is 0.119 e. The van der Waals surface area contributed by atoms with Crippen LogP contribution in [-0.4, -0.2) is 26.3 Å². The van der Waals surface area contributed by atoms with Gasteiger partial charge in [-0.1, -0.05) is 95.4 Å². The molecule has 0 aliphatic heterocycles. The second-order valence-corrected chi connectivity index (χ2v) is 11.6. The van der Waals surface area contributed by atoms with Gasteiger partial charge in [0.2, 0.25) is 0 Å². The van der Waals surface area contributed by atoms with E-state index in [1.165, 1.54) is 63.4 Å². The molecule has 0 heterocycles. The Morgan fingerprint density at radius 1 is 0.738 bits per heavy atom. The van der Waals surface area contributed by atoms with Crippen LogP contribution in [0.15, 0.2) is 58.8 Å². The zero-order valence-electron chi connectivity index (χ0n) is 27.1. The Balaban J connectivity index is 1.99. The third-order valence-electron chi connectivity index (χ3n) is 8.26. The molecule has 0 aliphatic rings. The molecule has 0 aromatic heterocycles. The Morgan fingerprint density at radius 2 is 1.33 bits per heavy atom. The van der Waals surface area contributed by atoms with Crippen LogP contribution < -0.4 is 9.47 Å². The molecule has 0 saturated carbocycles. The second-order valence-electron chi connectivity index (χ2n) is 11.6. The van der Waals surface area contributed by atoms with Crippen molar-refractivity contribution in [1.29, 1.82) is 5.26 Å². The van der Waals surface area contributed by atoms with E-state index in [1.54, 1.807) is 7.05 Å². The summed E-state index contributed by atoms with van der Waals surface area (Å²) in [6.07, 6.45) is 18.4. The Bertz CT molecular complexity index is 1050. The highest BCUT2D eigenvalue weighted by Gasteiger charge is 2.32. The quantitative estimate of drug-likeness (QED) is 0.0923. The fourth-order valence-electron chi connectivity index (χ4n) is 5.91. The molecule has 2 unspecified atom stereocenters. The first-order valence-corrected chi connectivity index (χ1v) is 16.8. The van der Waals surface area contributed by atoms with Crippen LogP contribution >= 0.6 is 0 Å². The molecule has 2 atom stereocenters. The smallest absolute Gasteiger partial charge is 0.119 e. The lowest BCUT2D eigenvalue weighted by Gasteiger charge is -2.28. The molecular formula is C37H57N3O2. The number of aryl methyl sites for hydroxylation is 1. The van der Waals surface area contributed by atoms with Crippen molar-refractivity contribution in [3.8, 4) is 17.6 Å². The molecule has 0 fully saturated rings. The largest absolute Gasteiger partial charge is 0.494 e. The summed E-state index contributed by atoms with van der Waals surface area (Å²) in [6.45, 7) is 7.58. The van der Waals surface area contributed by atoms with Crippen LogP contribution in [0.1, 0.15) is 128 Å². The minimum Gasteiger partial charge on any atom is -0.494 e. The van der Waals surface area contributed by atoms with Gasteiger partial charge in [-0.2, -0.15) is 15.5 Å². The summed E-state index contributed by atoms with van der Waals surface area (Å²) in [6, 6.07) is 19.5. The first-order valence-electron chi connectivity index (χ1n) is 16.8. The molecule has 0 radical (unpaired) electrons. The molecule has 5 heteroatoms. The topological polar surface area (TPSA) is 67.0 Å². The Labute approximate surface area is 257 Å². The number of hydrogen-bond acceptors (Lipinski definition) is 5. The van der Waals surface area contributed by atoms with Crippen LogP contribution in [0.4, 0.5) is 0 Å². The molecule has 2 aromatic carbocycles. The van der Waals surface area contributed by atoms with Crippen molar-refractivity contribution in [3.05, 3.63) is 59.7 Å². The third-order valence-corrected chi connectivity index (χ3v) is 8.26. The van der Waals surface area contributed by atoms with E-state index < -0.39 is 5.41 Å². The first-order chi connectivity index (χ1) is 20.6.